The minimum absolute atomic E-state index is 0.271. The van der Waals surface area contributed by atoms with Crippen molar-refractivity contribution in [3.63, 3.8) is 0 Å². The van der Waals surface area contributed by atoms with E-state index in [1.807, 2.05) is 17.9 Å². The SMILES string of the molecule is CCC(=O)N1C[C@@H](C)N(C/C=C/c2ccccc2)[C@H](C)C1. The molecule has 3 nitrogen and oxygen atoms in total. The molecule has 0 aliphatic carbocycles. The normalized spacial score (nSPS) is 23.7. The number of hydrogen-bond acceptors (Lipinski definition) is 2. The van der Waals surface area contributed by atoms with Gasteiger partial charge in [-0.15, -0.1) is 0 Å². The van der Waals surface area contributed by atoms with Gasteiger partial charge >= 0.3 is 0 Å². The number of hydrogen-bond donors (Lipinski definition) is 0. The van der Waals surface area contributed by atoms with Crippen LogP contribution in [-0.4, -0.2) is 47.4 Å². The van der Waals surface area contributed by atoms with Gasteiger partial charge in [0.2, 0.25) is 5.91 Å². The van der Waals surface area contributed by atoms with E-state index in [9.17, 15) is 4.79 Å². The molecule has 0 saturated carbocycles. The van der Waals surface area contributed by atoms with Crippen LogP contribution in [0.1, 0.15) is 32.8 Å². The summed E-state index contributed by atoms with van der Waals surface area (Å²) in [6, 6.07) is 11.2. The molecule has 1 aliphatic rings. The van der Waals surface area contributed by atoms with Gasteiger partial charge in [-0.3, -0.25) is 9.69 Å². The average molecular weight is 286 g/mol. The zero-order valence-electron chi connectivity index (χ0n) is 13.3. The first-order chi connectivity index (χ1) is 10.1. The fourth-order valence-electron chi connectivity index (χ4n) is 3.02. The minimum Gasteiger partial charge on any atom is -0.340 e. The molecular weight excluding hydrogens is 260 g/mol. The van der Waals surface area contributed by atoms with E-state index in [0.717, 1.165) is 19.6 Å². The highest BCUT2D eigenvalue weighted by atomic mass is 16.2. The van der Waals surface area contributed by atoms with Gasteiger partial charge in [-0.25, -0.2) is 0 Å². The maximum atomic E-state index is 11.9. The van der Waals surface area contributed by atoms with Crippen LogP contribution in [0.15, 0.2) is 36.4 Å². The number of carbonyl (C=O) groups excluding carboxylic acids is 1. The maximum Gasteiger partial charge on any atom is 0.222 e. The monoisotopic (exact) mass is 286 g/mol. The highest BCUT2D eigenvalue weighted by Crippen LogP contribution is 2.16. The van der Waals surface area contributed by atoms with Crippen LogP contribution in [0.5, 0.6) is 0 Å². The molecule has 1 heterocycles. The van der Waals surface area contributed by atoms with Gasteiger partial charge in [-0.2, -0.15) is 0 Å². The molecule has 0 bridgehead atoms. The summed E-state index contributed by atoms with van der Waals surface area (Å²) in [4.78, 5) is 16.3. The third-order valence-electron chi connectivity index (χ3n) is 4.18. The van der Waals surface area contributed by atoms with Gasteiger partial charge in [0.05, 0.1) is 0 Å². The van der Waals surface area contributed by atoms with E-state index in [1.165, 1.54) is 5.56 Å². The Bertz CT molecular complexity index is 471. The quantitative estimate of drug-likeness (QED) is 0.849. The van der Waals surface area contributed by atoms with Crippen molar-refractivity contribution in [2.24, 2.45) is 0 Å². The molecule has 1 amide bonds. The van der Waals surface area contributed by atoms with Crippen molar-refractivity contribution in [2.75, 3.05) is 19.6 Å². The van der Waals surface area contributed by atoms with Crippen molar-refractivity contribution in [1.29, 1.82) is 0 Å². The van der Waals surface area contributed by atoms with E-state index >= 15 is 0 Å². The molecule has 1 fully saturated rings. The summed E-state index contributed by atoms with van der Waals surface area (Å²) in [5.41, 5.74) is 1.23. The van der Waals surface area contributed by atoms with Gasteiger partial charge in [0.25, 0.3) is 0 Å². The molecule has 0 spiro atoms. The topological polar surface area (TPSA) is 23.6 Å². The molecule has 0 radical (unpaired) electrons. The van der Waals surface area contributed by atoms with E-state index in [4.69, 9.17) is 0 Å². The Labute approximate surface area is 128 Å². The van der Waals surface area contributed by atoms with Crippen molar-refractivity contribution in [3.8, 4) is 0 Å². The van der Waals surface area contributed by atoms with Crippen LogP contribution >= 0.6 is 0 Å². The van der Waals surface area contributed by atoms with E-state index in [2.05, 4.69) is 55.2 Å². The summed E-state index contributed by atoms with van der Waals surface area (Å²) < 4.78 is 0. The Morgan fingerprint density at radius 2 is 1.81 bits per heavy atom. The van der Waals surface area contributed by atoms with Gasteiger partial charge in [-0.05, 0) is 19.4 Å². The summed E-state index contributed by atoms with van der Waals surface area (Å²) in [6.07, 6.45) is 5.00. The van der Waals surface area contributed by atoms with Crippen LogP contribution in [0.3, 0.4) is 0 Å². The first-order valence-electron chi connectivity index (χ1n) is 7.87. The second-order valence-electron chi connectivity index (χ2n) is 5.86. The Kier molecular flexibility index (Phi) is 5.57. The molecule has 114 valence electrons. The fraction of sp³-hybridized carbons (Fsp3) is 0.500. The summed E-state index contributed by atoms with van der Waals surface area (Å²) in [6.45, 7) is 8.98. The van der Waals surface area contributed by atoms with Crippen LogP contribution in [0.4, 0.5) is 0 Å². The van der Waals surface area contributed by atoms with Crippen LogP contribution in [-0.2, 0) is 4.79 Å². The van der Waals surface area contributed by atoms with Crippen molar-refractivity contribution >= 4 is 12.0 Å². The molecule has 21 heavy (non-hydrogen) atoms. The van der Waals surface area contributed by atoms with Crippen LogP contribution in [0.2, 0.25) is 0 Å². The van der Waals surface area contributed by atoms with Gasteiger partial charge in [0, 0.05) is 38.1 Å². The predicted octanol–water partition coefficient (Wildman–Crippen LogP) is 3.03. The lowest BCUT2D eigenvalue weighted by Gasteiger charge is -2.44. The van der Waals surface area contributed by atoms with E-state index in [0.29, 0.717) is 18.5 Å². The number of amides is 1. The third kappa shape index (κ3) is 4.18. The molecule has 1 aliphatic heterocycles. The molecule has 1 aromatic rings. The lowest BCUT2D eigenvalue weighted by Crippen LogP contribution is -2.57. The second kappa shape index (κ2) is 7.41. The number of nitrogens with zero attached hydrogens (tertiary/aromatic N) is 2. The molecule has 1 aromatic carbocycles. The standard InChI is InChI=1S/C18H26N2O/c1-4-18(21)19-13-15(2)20(16(3)14-19)12-8-11-17-9-6-5-7-10-17/h5-11,15-16H,4,12-14H2,1-3H3/b11-8+/t15-,16-/m1/s1. The Hall–Kier alpha value is -1.61. The maximum absolute atomic E-state index is 11.9. The third-order valence-corrected chi connectivity index (χ3v) is 4.18. The first kappa shape index (κ1) is 15.8. The smallest absolute Gasteiger partial charge is 0.222 e. The van der Waals surface area contributed by atoms with Crippen LogP contribution in [0.25, 0.3) is 6.08 Å². The van der Waals surface area contributed by atoms with Crippen molar-refractivity contribution < 1.29 is 4.79 Å². The summed E-state index contributed by atoms with van der Waals surface area (Å²) in [5, 5.41) is 0. The van der Waals surface area contributed by atoms with E-state index < -0.39 is 0 Å². The highest BCUT2D eigenvalue weighted by molar-refractivity contribution is 5.76. The highest BCUT2D eigenvalue weighted by Gasteiger charge is 2.30. The molecule has 3 heteroatoms. The Morgan fingerprint density at radius 3 is 2.38 bits per heavy atom. The number of carbonyl (C=O) groups is 1. The van der Waals surface area contributed by atoms with Crippen LogP contribution in [0, 0.1) is 0 Å². The molecule has 2 atom stereocenters. The van der Waals surface area contributed by atoms with E-state index in [-0.39, 0.29) is 5.91 Å². The van der Waals surface area contributed by atoms with Gasteiger partial charge in [0.1, 0.15) is 0 Å². The molecule has 0 N–H and O–H groups in total. The zero-order chi connectivity index (χ0) is 15.2. The fourth-order valence-corrected chi connectivity index (χ4v) is 3.02. The van der Waals surface area contributed by atoms with E-state index in [1.54, 1.807) is 0 Å². The second-order valence-corrected chi connectivity index (χ2v) is 5.86. The Morgan fingerprint density at radius 1 is 1.19 bits per heavy atom. The minimum atomic E-state index is 0.271. The first-order valence-corrected chi connectivity index (χ1v) is 7.87. The number of benzene rings is 1. The summed E-state index contributed by atoms with van der Waals surface area (Å²) in [5.74, 6) is 0.271. The lowest BCUT2D eigenvalue weighted by molar-refractivity contribution is -0.135. The Balaban J connectivity index is 1.92. The van der Waals surface area contributed by atoms with Crippen molar-refractivity contribution in [1.82, 2.24) is 9.80 Å². The summed E-state index contributed by atoms with van der Waals surface area (Å²) >= 11 is 0. The van der Waals surface area contributed by atoms with Gasteiger partial charge < -0.3 is 4.90 Å². The van der Waals surface area contributed by atoms with Crippen molar-refractivity contribution in [3.05, 3.63) is 42.0 Å². The largest absolute Gasteiger partial charge is 0.340 e. The van der Waals surface area contributed by atoms with Crippen molar-refractivity contribution in [2.45, 2.75) is 39.3 Å². The molecule has 0 unspecified atom stereocenters. The molecule has 1 saturated heterocycles. The van der Waals surface area contributed by atoms with Gasteiger partial charge in [0.15, 0.2) is 0 Å². The molecule has 0 aromatic heterocycles. The number of rotatable bonds is 4. The van der Waals surface area contributed by atoms with Crippen LogP contribution < -0.4 is 0 Å². The summed E-state index contributed by atoms with van der Waals surface area (Å²) in [7, 11) is 0. The predicted molar refractivity (Wildman–Crippen MR) is 88.0 cm³/mol. The molecular formula is C18H26N2O. The average Bonchev–Trinajstić information content (AvgIpc) is 2.50. The van der Waals surface area contributed by atoms with Gasteiger partial charge in [-0.1, -0.05) is 49.4 Å². The zero-order valence-corrected chi connectivity index (χ0v) is 13.3. The lowest BCUT2D eigenvalue weighted by atomic mass is 10.1. The number of piperazine rings is 1. The molecule has 2 rings (SSSR count).